The van der Waals surface area contributed by atoms with Crippen molar-refractivity contribution in [3.63, 3.8) is 0 Å². The van der Waals surface area contributed by atoms with E-state index in [1.165, 1.54) is 0 Å². The number of carbonyl (C=O) groups is 4. The highest BCUT2D eigenvalue weighted by Gasteiger charge is 2.75. The van der Waals surface area contributed by atoms with Gasteiger partial charge in [0.15, 0.2) is 0 Å². The zero-order valence-corrected chi connectivity index (χ0v) is 78.1. The molecule has 0 aromatic heterocycles. The van der Waals surface area contributed by atoms with Gasteiger partial charge < -0.3 is 91.0 Å². The zero-order chi connectivity index (χ0) is 80.7. The van der Waals surface area contributed by atoms with Gasteiger partial charge in [-0.15, -0.1) is 0 Å². The summed E-state index contributed by atoms with van der Waals surface area (Å²) in [4.78, 5) is 50.6. The quantitative estimate of drug-likeness (QED) is 0.0180. The zero-order valence-electron chi connectivity index (χ0n) is 72.1. The molecule has 8 aliphatic carbocycles. The normalized spacial score (nSPS) is 32.9. The number of rotatable bonds is 46. The van der Waals surface area contributed by atoms with E-state index >= 15 is 0 Å². The summed E-state index contributed by atoms with van der Waals surface area (Å²) in [7, 11) is -13.2. The minimum Gasteiger partial charge on any atom is -0.465 e. The van der Waals surface area contributed by atoms with Crippen molar-refractivity contribution in [1.29, 1.82) is 0 Å². The molecule has 4 saturated heterocycles. The predicted molar refractivity (Wildman–Crippen MR) is 432 cm³/mol. The fourth-order valence-electron chi connectivity index (χ4n) is 21.2. The second-order valence-electron chi connectivity index (χ2n) is 35.3. The Morgan fingerprint density at radius 3 is 0.864 bits per heavy atom. The summed E-state index contributed by atoms with van der Waals surface area (Å²) in [5, 5.41) is 0. The van der Waals surface area contributed by atoms with Gasteiger partial charge in [0.2, 0.25) is 0 Å². The van der Waals surface area contributed by atoms with E-state index in [1.807, 2.05) is 83.1 Å². The Morgan fingerprint density at radius 1 is 0.336 bits per heavy atom. The first-order valence-electron chi connectivity index (χ1n) is 43.3. The lowest BCUT2D eigenvalue weighted by atomic mass is 9.79. The van der Waals surface area contributed by atoms with Crippen LogP contribution >= 0.6 is 0 Å². The van der Waals surface area contributed by atoms with Gasteiger partial charge in [0.1, 0.15) is 0 Å². The van der Waals surface area contributed by atoms with E-state index in [4.69, 9.17) is 91.0 Å². The lowest BCUT2D eigenvalue weighted by Gasteiger charge is -2.31. The van der Waals surface area contributed by atoms with Crippen molar-refractivity contribution in [3.05, 3.63) is 0 Å². The number of ether oxygens (including phenoxy) is 8. The molecule has 638 valence electrons. The molecule has 8 bridgehead atoms. The molecule has 24 nitrogen and oxygen atoms in total. The fraction of sp³-hybridized carbons (Fsp3) is 0.950. The Balaban J connectivity index is 0.000000181. The minimum absolute atomic E-state index is 0.00794. The molecule has 0 aromatic carbocycles. The molecule has 8 saturated carbocycles. The minimum atomic E-state index is -2.66. The van der Waals surface area contributed by atoms with E-state index in [-0.39, 0.29) is 59.1 Å². The van der Waals surface area contributed by atoms with E-state index in [0.29, 0.717) is 257 Å². The maximum absolute atomic E-state index is 12.8. The first kappa shape index (κ1) is 94.0. The lowest BCUT2D eigenvalue weighted by Crippen LogP contribution is -2.46. The third-order valence-electron chi connectivity index (χ3n) is 24.7. The van der Waals surface area contributed by atoms with Gasteiger partial charge in [0.05, 0.1) is 98.9 Å². The van der Waals surface area contributed by atoms with Crippen LogP contribution in [0.25, 0.3) is 0 Å². The SMILES string of the molecule is CC(C)C.CCO[Si](CCCOC(=O)C1CC2C3OC3C1C2(C)C)(OCC)OCC.CCO[Si](CCCOC(=O)C1CC2C3OC3C1C2[Si](C)(C)C)(OCC)OCC.CCO[Si](CCCOC(=O)C1CC2C3OC3C1C2[Si](C)(C)C)(OCC)OCC.CCO[Si](CCCOC(=O)C1CC2CC1C1OC21)(OCC)OCC. The topological polar surface area (TPSA) is 266 Å². The first-order valence-corrected chi connectivity index (χ1v) is 58.2. The number of epoxide rings is 4. The van der Waals surface area contributed by atoms with Gasteiger partial charge >= 0.3 is 59.1 Å². The van der Waals surface area contributed by atoms with Crippen LogP contribution < -0.4 is 0 Å². The van der Waals surface area contributed by atoms with Crippen LogP contribution in [0.15, 0.2) is 0 Å². The molecule has 0 radical (unpaired) electrons. The molecule has 30 heteroatoms. The number of carbonyl (C=O) groups excluding carboxylic acids is 4. The summed E-state index contributed by atoms with van der Waals surface area (Å²) in [5.74, 6) is 4.50. The molecule has 0 amide bonds. The van der Waals surface area contributed by atoms with Crippen LogP contribution in [0, 0.1) is 82.3 Å². The number of fused-ring (bicyclic) bond motifs is 20. The Kier molecular flexibility index (Phi) is 35.9. The number of hydrogen-bond acceptors (Lipinski definition) is 24. The molecule has 0 spiro atoms. The van der Waals surface area contributed by atoms with Crippen molar-refractivity contribution in [1.82, 2.24) is 0 Å². The van der Waals surface area contributed by atoms with Gasteiger partial charge in [0, 0.05) is 143 Å². The summed E-state index contributed by atoms with van der Waals surface area (Å²) in [6.45, 7) is 57.4. The highest BCUT2D eigenvalue weighted by Crippen LogP contribution is 2.70. The van der Waals surface area contributed by atoms with Gasteiger partial charge in [0.25, 0.3) is 0 Å². The molecule has 12 aliphatic rings. The van der Waals surface area contributed by atoms with Gasteiger partial charge in [-0.1, -0.05) is 73.9 Å². The van der Waals surface area contributed by atoms with E-state index < -0.39 is 51.4 Å². The van der Waals surface area contributed by atoms with Crippen LogP contribution in [0.5, 0.6) is 0 Å². The Morgan fingerprint density at radius 2 is 0.609 bits per heavy atom. The smallest absolute Gasteiger partial charge is 0.465 e. The van der Waals surface area contributed by atoms with Crippen LogP contribution in [0.4, 0.5) is 0 Å². The van der Waals surface area contributed by atoms with Crippen molar-refractivity contribution in [2.45, 2.75) is 299 Å². The number of esters is 4. The average molecular weight is 1660 g/mol. The van der Waals surface area contributed by atoms with Crippen molar-refractivity contribution in [2.75, 3.05) is 106 Å². The molecule has 22 atom stereocenters. The second-order valence-corrected chi connectivity index (χ2v) is 57.0. The van der Waals surface area contributed by atoms with E-state index in [9.17, 15) is 19.2 Å². The van der Waals surface area contributed by atoms with E-state index in [2.05, 4.69) is 73.9 Å². The summed E-state index contributed by atoms with van der Waals surface area (Å²) >= 11 is 0. The average Bonchev–Trinajstić information content (AvgIpc) is 1.54. The second kappa shape index (κ2) is 42.0. The van der Waals surface area contributed by atoms with Crippen molar-refractivity contribution in [3.8, 4) is 0 Å². The maximum atomic E-state index is 12.8. The largest absolute Gasteiger partial charge is 0.501 e. The Hall–Kier alpha value is -1.46. The van der Waals surface area contributed by atoms with E-state index in [1.54, 1.807) is 0 Å². The molecule has 110 heavy (non-hydrogen) atoms. The lowest BCUT2D eigenvalue weighted by molar-refractivity contribution is -0.151. The molecular formula is C80H150O24Si6. The Labute approximate surface area is 668 Å². The summed E-state index contributed by atoms with van der Waals surface area (Å²) in [5.41, 5.74) is 1.59. The third kappa shape index (κ3) is 23.1. The highest BCUT2D eigenvalue weighted by molar-refractivity contribution is 6.78. The van der Waals surface area contributed by atoms with Crippen LogP contribution in [0.3, 0.4) is 0 Å². The molecule has 4 heterocycles. The Bertz CT molecular complexity index is 2670. The molecule has 12 fully saturated rings. The van der Waals surface area contributed by atoms with Crippen molar-refractivity contribution < 1.29 is 110 Å². The summed E-state index contributed by atoms with van der Waals surface area (Å²) in [6, 6.07) is 2.71. The molecular weight excluding hydrogens is 1510 g/mol. The molecule has 0 N–H and O–H groups in total. The van der Waals surface area contributed by atoms with Crippen LogP contribution in [-0.2, 0) is 110 Å². The van der Waals surface area contributed by atoms with Gasteiger partial charge in [-0.3, -0.25) is 19.2 Å². The predicted octanol–water partition coefficient (Wildman–Crippen LogP) is 14.5. The maximum Gasteiger partial charge on any atom is 0.501 e. The van der Waals surface area contributed by atoms with Crippen LogP contribution in [-0.4, -0.2) is 230 Å². The van der Waals surface area contributed by atoms with Gasteiger partial charge in [-0.2, -0.15) is 0 Å². The van der Waals surface area contributed by atoms with E-state index in [0.717, 1.165) is 38.0 Å². The van der Waals surface area contributed by atoms with Gasteiger partial charge in [-0.05, 0) is 187 Å². The van der Waals surface area contributed by atoms with Crippen molar-refractivity contribution >= 4 is 75.2 Å². The number of hydrogen-bond donors (Lipinski definition) is 0. The molecule has 4 aliphatic heterocycles. The first-order chi connectivity index (χ1) is 52.3. The van der Waals surface area contributed by atoms with Gasteiger partial charge in [-0.25, -0.2) is 0 Å². The standard InChI is InChI=1S/2C20H38O6Si2.C19H34O6Si.C17H30O6Si.C4H10/c2*1-7-23-28(24-8-2,25-9-3)12-10-11-22-20(21)14-13-15-17-18(26-17)16(14)19(15)27(4,5)6;1-6-22-26(23-7-2,24-8-3)11-9-10-21-18(20)13-12-14-16-17(25-16)15(13)19(14,4)5;1-4-20-24(21-5-2,22-6-3)9-7-8-19-17(18)14-11-12-10-13(14)16-15(12)23-16;1-4(2)3/h2*14-19H,7-13H2,1-6H3;13-17H,6-12H2,1-5H3;12-16H,4-11H2,1-3H3;4H,1-3H3. The summed E-state index contributed by atoms with van der Waals surface area (Å²) in [6.07, 6.45) is 10.7. The fourth-order valence-corrected chi connectivity index (χ4v) is 37.9. The highest BCUT2D eigenvalue weighted by atomic mass is 28.4. The van der Waals surface area contributed by atoms with Crippen molar-refractivity contribution in [2.24, 2.45) is 82.3 Å². The third-order valence-corrected chi connectivity index (χ3v) is 42.9. The molecule has 0 aromatic rings. The molecule has 12 rings (SSSR count). The molecule has 22 unspecified atom stereocenters. The summed E-state index contributed by atoms with van der Waals surface area (Å²) < 4.78 is 116. The van der Waals surface area contributed by atoms with Crippen LogP contribution in [0.1, 0.15) is 175 Å². The van der Waals surface area contributed by atoms with Crippen LogP contribution in [0.2, 0.25) is 74.5 Å². The monoisotopic (exact) mass is 1660 g/mol.